The van der Waals surface area contributed by atoms with Gasteiger partial charge in [-0.1, -0.05) is 18.2 Å². The second kappa shape index (κ2) is 7.88. The molecule has 1 aliphatic heterocycles. The summed E-state index contributed by atoms with van der Waals surface area (Å²) in [5.41, 5.74) is 2.34. The lowest BCUT2D eigenvalue weighted by atomic mass is 10.1. The van der Waals surface area contributed by atoms with Crippen LogP contribution in [0.4, 0.5) is 5.69 Å². The van der Waals surface area contributed by atoms with Crippen molar-refractivity contribution in [2.24, 2.45) is 0 Å². The normalized spacial score (nSPS) is 14.4. The third kappa shape index (κ3) is 4.05. The van der Waals surface area contributed by atoms with Crippen molar-refractivity contribution in [1.29, 1.82) is 0 Å². The quantitative estimate of drug-likeness (QED) is 0.787. The first-order valence-electron chi connectivity index (χ1n) is 8.52. The predicted octanol–water partition coefficient (Wildman–Crippen LogP) is 2.55. The lowest BCUT2D eigenvalue weighted by Crippen LogP contribution is -2.26. The number of nitrogens with one attached hydrogen (secondary N) is 1. The van der Waals surface area contributed by atoms with Crippen LogP contribution in [0.2, 0.25) is 0 Å². The first-order valence-corrected chi connectivity index (χ1v) is 10.0. The molecule has 0 bridgehead atoms. The zero-order valence-electron chi connectivity index (χ0n) is 14.6. The van der Waals surface area contributed by atoms with Crippen LogP contribution in [0, 0.1) is 0 Å². The van der Waals surface area contributed by atoms with E-state index in [9.17, 15) is 13.2 Å². The molecule has 6 nitrogen and oxygen atoms in total. The van der Waals surface area contributed by atoms with Crippen molar-refractivity contribution in [1.82, 2.24) is 4.72 Å². The maximum Gasteiger partial charge on any atom is 0.337 e. The summed E-state index contributed by atoms with van der Waals surface area (Å²) < 4.78 is 32.4. The van der Waals surface area contributed by atoms with Crippen LogP contribution in [0.15, 0.2) is 53.4 Å². The Morgan fingerprint density at radius 2 is 1.73 bits per heavy atom. The molecule has 2 aromatic carbocycles. The molecule has 0 atom stereocenters. The van der Waals surface area contributed by atoms with Crippen LogP contribution in [0.3, 0.4) is 0 Å². The summed E-state index contributed by atoms with van der Waals surface area (Å²) in [6.45, 7) is 2.21. The number of anilines is 1. The van der Waals surface area contributed by atoms with Gasteiger partial charge in [-0.2, -0.15) is 0 Å². The third-order valence-electron chi connectivity index (χ3n) is 4.48. The number of esters is 1. The summed E-state index contributed by atoms with van der Waals surface area (Å²) in [6.07, 6.45) is 2.32. The first-order chi connectivity index (χ1) is 12.5. The van der Waals surface area contributed by atoms with E-state index in [0.717, 1.165) is 37.2 Å². The maximum atomic E-state index is 12.5. The van der Waals surface area contributed by atoms with E-state index in [2.05, 4.69) is 14.4 Å². The zero-order valence-corrected chi connectivity index (χ0v) is 15.5. The van der Waals surface area contributed by atoms with E-state index in [-0.39, 0.29) is 11.4 Å². The summed E-state index contributed by atoms with van der Waals surface area (Å²) in [5, 5.41) is 0. The molecule has 1 saturated heterocycles. The molecule has 7 heteroatoms. The van der Waals surface area contributed by atoms with Gasteiger partial charge >= 0.3 is 5.97 Å². The zero-order chi connectivity index (χ0) is 18.6. The summed E-state index contributed by atoms with van der Waals surface area (Å²) in [7, 11) is -2.38. The molecule has 1 N–H and O–H groups in total. The maximum absolute atomic E-state index is 12.5. The molecule has 0 spiro atoms. The summed E-state index contributed by atoms with van der Waals surface area (Å²) in [4.78, 5) is 13.9. The Kier molecular flexibility index (Phi) is 5.58. The Morgan fingerprint density at radius 3 is 2.38 bits per heavy atom. The third-order valence-corrected chi connectivity index (χ3v) is 5.89. The predicted molar refractivity (Wildman–Crippen MR) is 99.7 cm³/mol. The lowest BCUT2D eigenvalue weighted by Gasteiger charge is -2.21. The number of para-hydroxylation sites is 1. The van der Waals surface area contributed by atoms with E-state index in [4.69, 9.17) is 0 Å². The van der Waals surface area contributed by atoms with Crippen molar-refractivity contribution in [3.8, 4) is 0 Å². The van der Waals surface area contributed by atoms with Gasteiger partial charge in [0.25, 0.3) is 0 Å². The molecule has 0 aromatic heterocycles. The number of hydrogen-bond acceptors (Lipinski definition) is 5. The fourth-order valence-electron chi connectivity index (χ4n) is 3.07. The number of benzene rings is 2. The molecule has 138 valence electrons. The van der Waals surface area contributed by atoms with Gasteiger partial charge in [0.2, 0.25) is 10.0 Å². The minimum absolute atomic E-state index is 0.115. The molecular formula is C19H22N2O4S. The van der Waals surface area contributed by atoms with Crippen molar-refractivity contribution >= 4 is 21.7 Å². The van der Waals surface area contributed by atoms with E-state index < -0.39 is 16.0 Å². The van der Waals surface area contributed by atoms with E-state index in [1.807, 2.05) is 24.3 Å². The molecule has 0 amide bonds. The highest BCUT2D eigenvalue weighted by Gasteiger charge is 2.18. The number of carbonyl (C=O) groups excluding carboxylic acids is 1. The van der Waals surface area contributed by atoms with Crippen LogP contribution in [-0.4, -0.2) is 34.6 Å². The Bertz CT molecular complexity index is 873. The fourth-order valence-corrected chi connectivity index (χ4v) is 4.08. The average molecular weight is 374 g/mol. The SMILES string of the molecule is COC(=O)c1ccc(S(=O)(=O)NCc2ccccc2N2CCCC2)cc1. The Morgan fingerprint density at radius 1 is 1.08 bits per heavy atom. The highest BCUT2D eigenvalue weighted by atomic mass is 32.2. The van der Waals surface area contributed by atoms with Crippen LogP contribution in [-0.2, 0) is 21.3 Å². The largest absolute Gasteiger partial charge is 0.465 e. The fraction of sp³-hybridized carbons (Fsp3) is 0.316. The van der Waals surface area contributed by atoms with Gasteiger partial charge in [0, 0.05) is 25.3 Å². The van der Waals surface area contributed by atoms with Crippen LogP contribution in [0.25, 0.3) is 0 Å². The van der Waals surface area contributed by atoms with Crippen LogP contribution >= 0.6 is 0 Å². The highest BCUT2D eigenvalue weighted by molar-refractivity contribution is 7.89. The van der Waals surface area contributed by atoms with Gasteiger partial charge in [-0.15, -0.1) is 0 Å². The first kappa shape index (κ1) is 18.4. The van der Waals surface area contributed by atoms with Crippen molar-refractivity contribution in [2.75, 3.05) is 25.1 Å². The second-order valence-corrected chi connectivity index (χ2v) is 7.93. The van der Waals surface area contributed by atoms with E-state index in [0.29, 0.717) is 5.56 Å². The number of methoxy groups -OCH3 is 1. The van der Waals surface area contributed by atoms with Gasteiger partial charge in [0.1, 0.15) is 0 Å². The lowest BCUT2D eigenvalue weighted by molar-refractivity contribution is 0.0600. The van der Waals surface area contributed by atoms with Crippen molar-refractivity contribution in [3.05, 3.63) is 59.7 Å². The van der Waals surface area contributed by atoms with Gasteiger partial charge < -0.3 is 9.64 Å². The molecule has 3 rings (SSSR count). The van der Waals surface area contributed by atoms with Gasteiger partial charge in [-0.25, -0.2) is 17.9 Å². The topological polar surface area (TPSA) is 75.7 Å². The number of sulfonamides is 1. The van der Waals surface area contributed by atoms with Gasteiger partial charge in [0.15, 0.2) is 0 Å². The van der Waals surface area contributed by atoms with Crippen LogP contribution < -0.4 is 9.62 Å². The summed E-state index contributed by atoms with van der Waals surface area (Å²) in [5.74, 6) is -0.499. The summed E-state index contributed by atoms with van der Waals surface area (Å²) in [6, 6.07) is 13.5. The Hall–Kier alpha value is -2.38. The Balaban J connectivity index is 1.74. The van der Waals surface area contributed by atoms with Crippen molar-refractivity contribution in [2.45, 2.75) is 24.3 Å². The molecule has 0 aliphatic carbocycles. The Labute approximate surface area is 153 Å². The second-order valence-electron chi connectivity index (χ2n) is 6.16. The molecule has 2 aromatic rings. The van der Waals surface area contributed by atoms with Crippen LogP contribution in [0.1, 0.15) is 28.8 Å². The molecule has 0 unspecified atom stereocenters. The van der Waals surface area contributed by atoms with E-state index in [1.54, 1.807) is 0 Å². The smallest absolute Gasteiger partial charge is 0.337 e. The van der Waals surface area contributed by atoms with Gasteiger partial charge in [-0.3, -0.25) is 0 Å². The van der Waals surface area contributed by atoms with Crippen molar-refractivity contribution in [3.63, 3.8) is 0 Å². The van der Waals surface area contributed by atoms with E-state index in [1.165, 1.54) is 31.4 Å². The molecule has 1 heterocycles. The minimum atomic E-state index is -3.67. The molecule has 1 fully saturated rings. The minimum Gasteiger partial charge on any atom is -0.465 e. The van der Waals surface area contributed by atoms with Crippen molar-refractivity contribution < 1.29 is 17.9 Å². The van der Waals surface area contributed by atoms with E-state index >= 15 is 0 Å². The molecule has 0 saturated carbocycles. The number of carbonyl (C=O) groups is 1. The molecular weight excluding hydrogens is 352 g/mol. The number of nitrogens with zero attached hydrogens (tertiary/aromatic N) is 1. The molecule has 26 heavy (non-hydrogen) atoms. The highest BCUT2D eigenvalue weighted by Crippen LogP contribution is 2.24. The van der Waals surface area contributed by atoms with Gasteiger partial charge in [0.05, 0.1) is 17.6 Å². The molecule has 0 radical (unpaired) electrons. The average Bonchev–Trinajstić information content (AvgIpc) is 3.21. The standard InChI is InChI=1S/C19H22N2O4S/c1-25-19(22)15-8-10-17(11-9-15)26(23,24)20-14-16-6-2-3-7-18(16)21-12-4-5-13-21/h2-3,6-11,20H,4-5,12-14H2,1H3. The number of hydrogen-bond donors (Lipinski definition) is 1. The van der Waals surface area contributed by atoms with Gasteiger partial charge in [-0.05, 0) is 48.7 Å². The number of rotatable bonds is 6. The van der Waals surface area contributed by atoms with Crippen LogP contribution in [0.5, 0.6) is 0 Å². The summed E-state index contributed by atoms with van der Waals surface area (Å²) >= 11 is 0. The molecule has 1 aliphatic rings. The monoisotopic (exact) mass is 374 g/mol. The number of ether oxygens (including phenoxy) is 1.